The second kappa shape index (κ2) is 8.58. The predicted molar refractivity (Wildman–Crippen MR) is 82.3 cm³/mol. The molecule has 0 radical (unpaired) electrons. The zero-order valence-electron chi connectivity index (χ0n) is 11.7. The summed E-state index contributed by atoms with van der Waals surface area (Å²) in [7, 11) is 0. The highest BCUT2D eigenvalue weighted by Crippen LogP contribution is 2.30. The van der Waals surface area contributed by atoms with Gasteiger partial charge in [-0.05, 0) is 32.2 Å². The molecule has 1 amide bonds. The first-order valence-corrected chi connectivity index (χ1v) is 6.91. The number of nitrogens with zero attached hydrogens (tertiary/aromatic N) is 1. The van der Waals surface area contributed by atoms with Crippen LogP contribution >= 0.6 is 24.8 Å². The first kappa shape index (κ1) is 18.2. The third kappa shape index (κ3) is 4.32. The van der Waals surface area contributed by atoms with Crippen molar-refractivity contribution >= 4 is 30.7 Å². The van der Waals surface area contributed by atoms with Crippen LogP contribution in [0.1, 0.15) is 48.0 Å². The van der Waals surface area contributed by atoms with Gasteiger partial charge in [0, 0.05) is 19.2 Å². The monoisotopic (exact) mass is 337 g/mol. The van der Waals surface area contributed by atoms with Crippen molar-refractivity contribution in [2.75, 3.05) is 19.7 Å². The summed E-state index contributed by atoms with van der Waals surface area (Å²) >= 11 is 0. The SMILES string of the molecule is Cl.Cl.O=C(N[C@H]1CCCNC1)c1ncoc1C1CCCO1. The number of aromatic nitrogens is 1. The number of hydrogen-bond donors (Lipinski definition) is 2. The van der Waals surface area contributed by atoms with Crippen LogP contribution in [0.3, 0.4) is 0 Å². The zero-order valence-corrected chi connectivity index (χ0v) is 13.3. The summed E-state index contributed by atoms with van der Waals surface area (Å²) in [5.74, 6) is 0.409. The minimum Gasteiger partial charge on any atom is -0.445 e. The molecule has 21 heavy (non-hydrogen) atoms. The Morgan fingerprint density at radius 3 is 2.86 bits per heavy atom. The predicted octanol–water partition coefficient (Wildman–Crippen LogP) is 1.85. The molecule has 120 valence electrons. The number of nitrogens with one attached hydrogen (secondary N) is 2. The molecular weight excluding hydrogens is 317 g/mol. The normalized spacial score (nSPS) is 24.8. The molecule has 0 spiro atoms. The number of halogens is 2. The van der Waals surface area contributed by atoms with Crippen LogP contribution in [-0.4, -0.2) is 36.6 Å². The van der Waals surface area contributed by atoms with E-state index < -0.39 is 0 Å². The molecule has 8 heteroatoms. The van der Waals surface area contributed by atoms with Crippen molar-refractivity contribution in [2.45, 2.75) is 37.8 Å². The van der Waals surface area contributed by atoms with Gasteiger partial charge < -0.3 is 19.8 Å². The number of oxazole rings is 1. The smallest absolute Gasteiger partial charge is 0.273 e. The van der Waals surface area contributed by atoms with Gasteiger partial charge in [-0.1, -0.05) is 0 Å². The fraction of sp³-hybridized carbons (Fsp3) is 0.692. The molecule has 2 aliphatic heterocycles. The van der Waals surface area contributed by atoms with Crippen LogP contribution in [-0.2, 0) is 4.74 Å². The number of rotatable bonds is 3. The van der Waals surface area contributed by atoms with Crippen molar-refractivity contribution in [2.24, 2.45) is 0 Å². The summed E-state index contributed by atoms with van der Waals surface area (Å²) < 4.78 is 10.9. The van der Waals surface area contributed by atoms with Gasteiger partial charge in [0.1, 0.15) is 6.10 Å². The van der Waals surface area contributed by atoms with E-state index in [9.17, 15) is 4.79 Å². The van der Waals surface area contributed by atoms with Gasteiger partial charge >= 0.3 is 0 Å². The van der Waals surface area contributed by atoms with Crippen LogP contribution in [0.4, 0.5) is 0 Å². The number of piperidine rings is 1. The van der Waals surface area contributed by atoms with Gasteiger partial charge in [0.15, 0.2) is 17.8 Å². The molecule has 0 aliphatic carbocycles. The largest absolute Gasteiger partial charge is 0.445 e. The Morgan fingerprint density at radius 2 is 2.19 bits per heavy atom. The van der Waals surface area contributed by atoms with Crippen molar-refractivity contribution in [3.8, 4) is 0 Å². The Kier molecular flexibility index (Phi) is 7.45. The molecule has 2 fully saturated rings. The number of ether oxygens (including phenoxy) is 1. The fourth-order valence-corrected chi connectivity index (χ4v) is 2.67. The molecule has 1 aromatic heterocycles. The van der Waals surface area contributed by atoms with Crippen LogP contribution in [0, 0.1) is 0 Å². The lowest BCUT2D eigenvalue weighted by molar-refractivity contribution is 0.0849. The minimum absolute atomic E-state index is 0. The third-order valence-corrected chi connectivity index (χ3v) is 3.66. The maximum absolute atomic E-state index is 12.2. The Morgan fingerprint density at radius 1 is 1.33 bits per heavy atom. The van der Waals surface area contributed by atoms with E-state index in [1.165, 1.54) is 6.39 Å². The lowest BCUT2D eigenvalue weighted by atomic mass is 10.1. The zero-order chi connectivity index (χ0) is 13.1. The van der Waals surface area contributed by atoms with Gasteiger partial charge in [0.05, 0.1) is 0 Å². The number of carbonyl (C=O) groups is 1. The standard InChI is InChI=1S/C13H19N3O3.2ClH/c17-13(16-9-3-1-5-14-7-9)11-12(19-8-15-11)10-4-2-6-18-10;;/h8-10,14H,1-7H2,(H,16,17);2*1H/t9-,10?;;/m0../s1. The quantitative estimate of drug-likeness (QED) is 0.880. The van der Waals surface area contributed by atoms with E-state index in [1.807, 2.05) is 0 Å². The van der Waals surface area contributed by atoms with Crippen molar-refractivity contribution in [1.29, 1.82) is 0 Å². The molecule has 2 N–H and O–H groups in total. The van der Waals surface area contributed by atoms with Crippen molar-refractivity contribution < 1.29 is 13.9 Å². The summed E-state index contributed by atoms with van der Waals surface area (Å²) in [5, 5.41) is 6.28. The molecule has 2 aliphatic rings. The third-order valence-electron chi connectivity index (χ3n) is 3.66. The molecule has 1 unspecified atom stereocenters. The van der Waals surface area contributed by atoms with Gasteiger partial charge in [0.25, 0.3) is 5.91 Å². The van der Waals surface area contributed by atoms with E-state index in [4.69, 9.17) is 9.15 Å². The van der Waals surface area contributed by atoms with Gasteiger partial charge in [-0.3, -0.25) is 4.79 Å². The minimum atomic E-state index is -0.159. The summed E-state index contributed by atoms with van der Waals surface area (Å²) in [6.07, 6.45) is 5.19. The molecule has 0 bridgehead atoms. The van der Waals surface area contributed by atoms with Crippen LogP contribution < -0.4 is 10.6 Å². The molecule has 1 aromatic rings. The molecule has 2 atom stereocenters. The highest BCUT2D eigenvalue weighted by Gasteiger charge is 2.29. The average molecular weight is 338 g/mol. The van der Waals surface area contributed by atoms with Crippen LogP contribution in [0.5, 0.6) is 0 Å². The van der Waals surface area contributed by atoms with E-state index in [0.717, 1.165) is 45.4 Å². The average Bonchev–Trinajstić information content (AvgIpc) is 3.10. The number of carbonyl (C=O) groups excluding carboxylic acids is 1. The highest BCUT2D eigenvalue weighted by atomic mass is 35.5. The van der Waals surface area contributed by atoms with Crippen molar-refractivity contribution in [3.05, 3.63) is 17.8 Å². The van der Waals surface area contributed by atoms with E-state index in [0.29, 0.717) is 11.5 Å². The molecular formula is C13H21Cl2N3O3. The Hall–Kier alpha value is -0.820. The highest BCUT2D eigenvalue weighted by molar-refractivity contribution is 5.93. The summed E-state index contributed by atoms with van der Waals surface area (Å²) in [4.78, 5) is 16.3. The van der Waals surface area contributed by atoms with Crippen LogP contribution in [0.15, 0.2) is 10.8 Å². The fourth-order valence-electron chi connectivity index (χ4n) is 2.67. The molecule has 3 rings (SSSR count). The number of amides is 1. The van der Waals surface area contributed by atoms with Crippen LogP contribution in [0.25, 0.3) is 0 Å². The van der Waals surface area contributed by atoms with Gasteiger partial charge in [0.2, 0.25) is 0 Å². The Balaban J connectivity index is 0.00000110. The molecule has 0 saturated carbocycles. The molecule has 2 saturated heterocycles. The topological polar surface area (TPSA) is 76.4 Å². The maximum Gasteiger partial charge on any atom is 0.273 e. The van der Waals surface area contributed by atoms with Gasteiger partial charge in [-0.2, -0.15) is 0 Å². The van der Waals surface area contributed by atoms with Crippen molar-refractivity contribution in [3.63, 3.8) is 0 Å². The Bertz CT molecular complexity index is 444. The van der Waals surface area contributed by atoms with Crippen LogP contribution in [0.2, 0.25) is 0 Å². The van der Waals surface area contributed by atoms with E-state index in [-0.39, 0.29) is 42.9 Å². The second-order valence-corrected chi connectivity index (χ2v) is 5.08. The summed E-state index contributed by atoms with van der Waals surface area (Å²) in [5.41, 5.74) is 0.373. The van der Waals surface area contributed by atoms with E-state index >= 15 is 0 Å². The van der Waals surface area contributed by atoms with Gasteiger partial charge in [-0.15, -0.1) is 24.8 Å². The second-order valence-electron chi connectivity index (χ2n) is 5.08. The first-order valence-electron chi connectivity index (χ1n) is 6.91. The molecule has 3 heterocycles. The van der Waals surface area contributed by atoms with E-state index in [1.54, 1.807) is 0 Å². The van der Waals surface area contributed by atoms with Crippen molar-refractivity contribution in [1.82, 2.24) is 15.6 Å². The van der Waals surface area contributed by atoms with E-state index in [2.05, 4.69) is 15.6 Å². The van der Waals surface area contributed by atoms with Gasteiger partial charge in [-0.25, -0.2) is 4.98 Å². The first-order chi connectivity index (χ1) is 9.34. The summed E-state index contributed by atoms with van der Waals surface area (Å²) in [6.45, 7) is 2.56. The molecule has 6 nitrogen and oxygen atoms in total. The Labute approximate surface area is 136 Å². The lowest BCUT2D eigenvalue weighted by Crippen LogP contribution is -2.45. The number of hydrogen-bond acceptors (Lipinski definition) is 5. The molecule has 0 aromatic carbocycles. The summed E-state index contributed by atoms with van der Waals surface area (Å²) in [6, 6.07) is 0.176. The lowest BCUT2D eigenvalue weighted by Gasteiger charge is -2.23. The maximum atomic E-state index is 12.2.